The lowest BCUT2D eigenvalue weighted by atomic mass is 10.2. The van der Waals surface area contributed by atoms with Crippen LogP contribution in [-0.4, -0.2) is 26.9 Å². The van der Waals surface area contributed by atoms with Gasteiger partial charge in [-0.2, -0.15) is 0 Å². The molecule has 0 unspecified atom stereocenters. The molecule has 3 rings (SSSR count). The summed E-state index contributed by atoms with van der Waals surface area (Å²) in [6.07, 6.45) is 0. The average molecular weight is 358 g/mol. The number of rotatable bonds is 5. The molecule has 0 atom stereocenters. The van der Waals surface area contributed by atoms with Gasteiger partial charge >= 0.3 is 0 Å². The van der Waals surface area contributed by atoms with E-state index in [-0.39, 0.29) is 0 Å². The molecular weight excluding hydrogens is 338 g/mol. The molecule has 6 nitrogen and oxygen atoms in total. The van der Waals surface area contributed by atoms with Gasteiger partial charge in [-0.25, -0.2) is 0 Å². The number of nitrogens with one attached hydrogen (secondary N) is 1. The Morgan fingerprint density at radius 2 is 1.88 bits per heavy atom. The van der Waals surface area contributed by atoms with E-state index in [1.54, 1.807) is 7.11 Å². The number of halogens is 1. The normalized spacial score (nSPS) is 10.8. The van der Waals surface area contributed by atoms with Crippen LogP contribution in [0.1, 0.15) is 17.2 Å². The number of aromatic nitrogens is 4. The van der Waals surface area contributed by atoms with Crippen LogP contribution in [0.5, 0.6) is 5.75 Å². The van der Waals surface area contributed by atoms with Crippen molar-refractivity contribution in [3.8, 4) is 17.1 Å². The van der Waals surface area contributed by atoms with Gasteiger partial charge in [0.15, 0.2) is 11.6 Å². The number of benzene rings is 1. The summed E-state index contributed by atoms with van der Waals surface area (Å²) in [5.74, 6) is 2.37. The molecule has 2 aromatic heterocycles. The van der Waals surface area contributed by atoms with Gasteiger partial charge in [0, 0.05) is 29.4 Å². The smallest absolute Gasteiger partial charge is 0.163 e. The molecule has 7 heteroatoms. The lowest BCUT2D eigenvalue weighted by Crippen LogP contribution is -2.09. The van der Waals surface area contributed by atoms with Crippen LogP contribution < -0.4 is 10.1 Å². The molecule has 0 saturated heterocycles. The number of hydrogen-bond donors (Lipinski definition) is 1. The highest BCUT2D eigenvalue weighted by Gasteiger charge is 2.13. The summed E-state index contributed by atoms with van der Waals surface area (Å²) in [5, 5.41) is 12.6. The maximum absolute atomic E-state index is 5.95. The van der Waals surface area contributed by atoms with Crippen LogP contribution in [0.15, 0.2) is 30.3 Å². The Morgan fingerprint density at radius 3 is 2.56 bits per heavy atom. The van der Waals surface area contributed by atoms with Crippen LogP contribution in [0.4, 0.5) is 5.69 Å². The van der Waals surface area contributed by atoms with Gasteiger partial charge in [-0.1, -0.05) is 11.6 Å². The second kappa shape index (κ2) is 7.11. The summed E-state index contributed by atoms with van der Waals surface area (Å²) < 4.78 is 7.41. The zero-order valence-electron chi connectivity index (χ0n) is 14.7. The number of anilines is 1. The van der Waals surface area contributed by atoms with E-state index >= 15 is 0 Å². The molecule has 0 spiro atoms. The molecule has 25 heavy (non-hydrogen) atoms. The van der Waals surface area contributed by atoms with Crippen molar-refractivity contribution in [2.75, 3.05) is 12.4 Å². The third-order valence-corrected chi connectivity index (χ3v) is 4.25. The Kier molecular flexibility index (Phi) is 4.90. The Hall–Kier alpha value is -2.60. The topological polar surface area (TPSA) is 64.9 Å². The first kappa shape index (κ1) is 17.2. The van der Waals surface area contributed by atoms with Crippen LogP contribution in [0.25, 0.3) is 11.4 Å². The van der Waals surface area contributed by atoms with Gasteiger partial charge in [-0.3, -0.25) is 4.98 Å². The fourth-order valence-electron chi connectivity index (χ4n) is 2.70. The highest BCUT2D eigenvalue weighted by atomic mass is 35.5. The van der Waals surface area contributed by atoms with E-state index in [9.17, 15) is 0 Å². The van der Waals surface area contributed by atoms with Crippen LogP contribution >= 0.6 is 11.6 Å². The summed E-state index contributed by atoms with van der Waals surface area (Å²) in [5.41, 5.74) is 3.64. The first-order valence-corrected chi connectivity index (χ1v) is 8.27. The van der Waals surface area contributed by atoms with Gasteiger partial charge in [0.2, 0.25) is 0 Å². The largest absolute Gasteiger partial charge is 0.494 e. The molecule has 3 aromatic rings. The predicted octanol–water partition coefficient (Wildman–Crippen LogP) is 3.77. The second-order valence-corrected chi connectivity index (χ2v) is 6.22. The number of pyridine rings is 1. The van der Waals surface area contributed by atoms with Crippen molar-refractivity contribution in [1.29, 1.82) is 0 Å². The van der Waals surface area contributed by atoms with Gasteiger partial charge in [0.25, 0.3) is 0 Å². The molecule has 0 amide bonds. The molecule has 0 aliphatic carbocycles. The number of hydrogen-bond acceptors (Lipinski definition) is 5. The fraction of sp³-hybridized carbons (Fsp3) is 0.278. The Morgan fingerprint density at radius 1 is 1.16 bits per heavy atom. The minimum Gasteiger partial charge on any atom is -0.494 e. The predicted molar refractivity (Wildman–Crippen MR) is 99.0 cm³/mol. The number of aryl methyl sites for hydroxylation is 2. The number of nitrogens with zero attached hydrogens (tertiary/aromatic N) is 4. The standard InChI is InChI=1S/C18H20ClN5O/c1-11-9-15(25-4)17(12(2)21-11)20-10-16-22-23-18(24(16)3)13-5-7-14(19)8-6-13/h5-9,20H,10H2,1-4H3. The van der Waals surface area contributed by atoms with E-state index in [0.717, 1.165) is 40.0 Å². The number of methoxy groups -OCH3 is 1. The Bertz CT molecular complexity index is 889. The van der Waals surface area contributed by atoms with Crippen molar-refractivity contribution in [3.05, 3.63) is 52.6 Å². The summed E-state index contributed by atoms with van der Waals surface area (Å²) in [6, 6.07) is 9.46. The minimum atomic E-state index is 0.513. The van der Waals surface area contributed by atoms with E-state index in [1.165, 1.54) is 0 Å². The second-order valence-electron chi connectivity index (χ2n) is 5.79. The van der Waals surface area contributed by atoms with Crippen LogP contribution in [-0.2, 0) is 13.6 Å². The van der Waals surface area contributed by atoms with Gasteiger partial charge in [0.05, 0.1) is 25.0 Å². The van der Waals surface area contributed by atoms with E-state index in [2.05, 4.69) is 20.5 Å². The van der Waals surface area contributed by atoms with Gasteiger partial charge in [-0.05, 0) is 38.1 Å². The zero-order valence-corrected chi connectivity index (χ0v) is 15.4. The molecule has 0 fully saturated rings. The monoisotopic (exact) mass is 357 g/mol. The maximum atomic E-state index is 5.95. The molecule has 0 bridgehead atoms. The highest BCUT2D eigenvalue weighted by molar-refractivity contribution is 6.30. The lowest BCUT2D eigenvalue weighted by Gasteiger charge is -2.14. The van der Waals surface area contributed by atoms with E-state index in [1.807, 2.05) is 55.8 Å². The molecule has 1 aromatic carbocycles. The molecule has 0 radical (unpaired) electrons. The maximum Gasteiger partial charge on any atom is 0.163 e. The summed E-state index contributed by atoms with van der Waals surface area (Å²) in [7, 11) is 3.60. The third-order valence-electron chi connectivity index (χ3n) is 4.00. The van der Waals surface area contributed by atoms with Crippen molar-refractivity contribution in [2.45, 2.75) is 20.4 Å². The van der Waals surface area contributed by atoms with E-state index in [0.29, 0.717) is 11.6 Å². The van der Waals surface area contributed by atoms with Gasteiger partial charge in [0.1, 0.15) is 5.75 Å². The zero-order chi connectivity index (χ0) is 18.0. The van der Waals surface area contributed by atoms with E-state index in [4.69, 9.17) is 16.3 Å². The average Bonchev–Trinajstić information content (AvgIpc) is 2.95. The van der Waals surface area contributed by atoms with Crippen LogP contribution in [0.2, 0.25) is 5.02 Å². The van der Waals surface area contributed by atoms with Crippen LogP contribution in [0, 0.1) is 13.8 Å². The molecular formula is C18H20ClN5O. The summed E-state index contributed by atoms with van der Waals surface area (Å²) in [4.78, 5) is 4.48. The lowest BCUT2D eigenvalue weighted by molar-refractivity contribution is 0.415. The van der Waals surface area contributed by atoms with Crippen molar-refractivity contribution in [1.82, 2.24) is 19.7 Å². The molecule has 2 heterocycles. The molecule has 0 aliphatic rings. The Labute approximate surface area is 151 Å². The summed E-state index contributed by atoms with van der Waals surface area (Å²) in [6.45, 7) is 4.41. The number of ether oxygens (including phenoxy) is 1. The fourth-order valence-corrected chi connectivity index (χ4v) is 2.83. The van der Waals surface area contributed by atoms with Gasteiger partial charge < -0.3 is 14.6 Å². The highest BCUT2D eigenvalue weighted by Crippen LogP contribution is 2.28. The minimum absolute atomic E-state index is 0.513. The SMILES string of the molecule is COc1cc(C)nc(C)c1NCc1nnc(-c2ccc(Cl)cc2)n1C. The van der Waals surface area contributed by atoms with Crippen molar-refractivity contribution >= 4 is 17.3 Å². The molecule has 130 valence electrons. The van der Waals surface area contributed by atoms with Crippen LogP contribution in [0.3, 0.4) is 0 Å². The first-order chi connectivity index (χ1) is 12.0. The molecule has 0 aliphatic heterocycles. The molecule has 0 saturated carbocycles. The van der Waals surface area contributed by atoms with Gasteiger partial charge in [-0.15, -0.1) is 10.2 Å². The Balaban J connectivity index is 1.83. The van der Waals surface area contributed by atoms with Crippen molar-refractivity contribution < 1.29 is 4.74 Å². The van der Waals surface area contributed by atoms with Crippen molar-refractivity contribution in [2.24, 2.45) is 7.05 Å². The quantitative estimate of drug-likeness (QED) is 0.753. The third kappa shape index (κ3) is 3.58. The van der Waals surface area contributed by atoms with E-state index < -0.39 is 0 Å². The molecule has 1 N–H and O–H groups in total. The first-order valence-electron chi connectivity index (χ1n) is 7.90. The van der Waals surface area contributed by atoms with Crippen molar-refractivity contribution in [3.63, 3.8) is 0 Å². The summed E-state index contributed by atoms with van der Waals surface area (Å²) >= 11 is 5.95.